The second-order valence-electron chi connectivity index (χ2n) is 4.05. The van der Waals surface area contributed by atoms with Crippen molar-refractivity contribution in [2.45, 2.75) is 0 Å². The summed E-state index contributed by atoms with van der Waals surface area (Å²) in [5, 5.41) is 6.78. The number of nitrogens with two attached hydrogens (primary N) is 1. The van der Waals surface area contributed by atoms with Gasteiger partial charge in [0.1, 0.15) is 20.7 Å². The molecule has 0 bridgehead atoms. The van der Waals surface area contributed by atoms with Crippen LogP contribution in [0, 0.1) is 21.2 Å². The maximum Gasteiger partial charge on any atom is 0.177 e. The highest BCUT2D eigenvalue weighted by Gasteiger charge is 2.22. The highest BCUT2D eigenvalue weighted by Crippen LogP contribution is 2.32. The van der Waals surface area contributed by atoms with Gasteiger partial charge in [-0.1, -0.05) is 0 Å². The molecule has 8 heteroatoms. The normalized spacial score (nSPS) is 11.2. The minimum absolute atomic E-state index is 0.0272. The van der Waals surface area contributed by atoms with E-state index < -0.39 is 28.7 Å². The third kappa shape index (κ3) is 1.82. The summed E-state index contributed by atoms with van der Waals surface area (Å²) in [6.07, 6.45) is 1.31. The molecule has 0 aliphatic rings. The highest BCUT2D eigenvalue weighted by molar-refractivity contribution is 14.1. The smallest absolute Gasteiger partial charge is 0.177 e. The Bertz CT molecular complexity index is 831. The summed E-state index contributed by atoms with van der Waals surface area (Å²) in [4.78, 5) is 3.80. The summed E-state index contributed by atoms with van der Waals surface area (Å²) < 4.78 is 42.6. The number of aromatic nitrogens is 3. The highest BCUT2D eigenvalue weighted by atomic mass is 127. The van der Waals surface area contributed by atoms with Gasteiger partial charge in [-0.15, -0.1) is 0 Å². The number of benzene rings is 1. The third-order valence-corrected chi connectivity index (χ3v) is 3.68. The average Bonchev–Trinajstić information content (AvgIpc) is 2.80. The van der Waals surface area contributed by atoms with Gasteiger partial charge in [0.15, 0.2) is 11.6 Å². The van der Waals surface area contributed by atoms with Crippen LogP contribution in [-0.2, 0) is 0 Å². The standard InChI is InChI=1S/C12H6F3IN4/c13-5-1-2-6(17)8(14)7(5)11-9(15)10-4(3-18-11)12(16)20-19-10/h1-3H,17H2,(H,19,20). The van der Waals surface area contributed by atoms with Crippen molar-refractivity contribution in [2.24, 2.45) is 0 Å². The summed E-state index contributed by atoms with van der Waals surface area (Å²) in [5.74, 6) is -2.88. The van der Waals surface area contributed by atoms with Crippen molar-refractivity contribution >= 4 is 39.2 Å². The number of nitrogens with one attached hydrogen (secondary N) is 1. The SMILES string of the molecule is Nc1ccc(F)c(-c2ncc3c(I)[nH]nc3c2F)c1F. The lowest BCUT2D eigenvalue weighted by atomic mass is 10.1. The number of aromatic amines is 1. The molecule has 0 radical (unpaired) electrons. The fourth-order valence-corrected chi connectivity index (χ4v) is 2.39. The van der Waals surface area contributed by atoms with Crippen molar-refractivity contribution in [3.05, 3.63) is 39.5 Å². The topological polar surface area (TPSA) is 67.6 Å². The lowest BCUT2D eigenvalue weighted by molar-refractivity contribution is 0.583. The van der Waals surface area contributed by atoms with Gasteiger partial charge >= 0.3 is 0 Å². The quantitative estimate of drug-likeness (QED) is 0.496. The van der Waals surface area contributed by atoms with Crippen LogP contribution in [0.3, 0.4) is 0 Å². The monoisotopic (exact) mass is 390 g/mol. The first kappa shape index (κ1) is 13.2. The Morgan fingerprint density at radius 1 is 1.15 bits per heavy atom. The number of rotatable bonds is 1. The molecule has 2 aromatic heterocycles. The van der Waals surface area contributed by atoms with Crippen LogP contribution >= 0.6 is 22.6 Å². The number of pyridine rings is 1. The minimum atomic E-state index is -1.04. The third-order valence-electron chi connectivity index (χ3n) is 2.85. The molecule has 3 N–H and O–H groups in total. The fourth-order valence-electron chi connectivity index (χ4n) is 1.87. The van der Waals surface area contributed by atoms with Crippen molar-refractivity contribution in [3.8, 4) is 11.3 Å². The molecule has 1 aromatic carbocycles. The molecule has 20 heavy (non-hydrogen) atoms. The van der Waals surface area contributed by atoms with Crippen molar-refractivity contribution in [1.82, 2.24) is 15.2 Å². The molecule has 0 aliphatic carbocycles. The molecule has 0 saturated heterocycles. The summed E-state index contributed by atoms with van der Waals surface area (Å²) in [7, 11) is 0. The van der Waals surface area contributed by atoms with Crippen molar-refractivity contribution in [1.29, 1.82) is 0 Å². The number of anilines is 1. The molecule has 0 amide bonds. The van der Waals surface area contributed by atoms with Gasteiger partial charge in [0.25, 0.3) is 0 Å². The number of halogens is 4. The second-order valence-corrected chi connectivity index (χ2v) is 5.13. The molecule has 4 nitrogen and oxygen atoms in total. The molecule has 0 spiro atoms. The maximum absolute atomic E-state index is 14.3. The minimum Gasteiger partial charge on any atom is -0.396 e. The van der Waals surface area contributed by atoms with E-state index >= 15 is 0 Å². The molecule has 0 atom stereocenters. The van der Waals surface area contributed by atoms with E-state index in [2.05, 4.69) is 15.2 Å². The van der Waals surface area contributed by atoms with Gasteiger partial charge in [0.05, 0.1) is 16.6 Å². The molecular formula is C12H6F3IN4. The summed E-state index contributed by atoms with van der Waals surface area (Å²) in [5.41, 5.74) is 4.02. The van der Waals surface area contributed by atoms with E-state index in [-0.39, 0.29) is 11.2 Å². The predicted octanol–water partition coefficient (Wildman–Crippen LogP) is 3.23. The number of hydrogen-bond donors (Lipinski definition) is 2. The Kier molecular flexibility index (Phi) is 3.04. The Labute approximate surface area is 124 Å². The van der Waals surface area contributed by atoms with Crippen LogP contribution in [0.1, 0.15) is 0 Å². The molecule has 0 fully saturated rings. The van der Waals surface area contributed by atoms with Crippen LogP contribution in [-0.4, -0.2) is 15.2 Å². The Balaban J connectivity index is 2.36. The molecule has 0 aliphatic heterocycles. The van der Waals surface area contributed by atoms with Gasteiger partial charge in [0, 0.05) is 6.20 Å². The van der Waals surface area contributed by atoms with Gasteiger partial charge in [-0.2, -0.15) is 5.10 Å². The number of nitrogens with zero attached hydrogens (tertiary/aromatic N) is 2. The number of nitrogen functional groups attached to an aromatic ring is 1. The molecule has 0 unspecified atom stereocenters. The first-order chi connectivity index (χ1) is 9.50. The van der Waals surface area contributed by atoms with Gasteiger partial charge in [-0.3, -0.25) is 10.1 Å². The van der Waals surface area contributed by atoms with Crippen LogP contribution in [0.4, 0.5) is 18.9 Å². The maximum atomic E-state index is 14.3. The molecule has 2 heterocycles. The van der Waals surface area contributed by atoms with Crippen LogP contribution in [0.2, 0.25) is 0 Å². The van der Waals surface area contributed by atoms with E-state index in [1.807, 2.05) is 22.6 Å². The van der Waals surface area contributed by atoms with E-state index in [1.165, 1.54) is 6.20 Å². The average molecular weight is 390 g/mol. The van der Waals surface area contributed by atoms with Crippen molar-refractivity contribution in [3.63, 3.8) is 0 Å². The van der Waals surface area contributed by atoms with E-state index in [0.29, 0.717) is 9.09 Å². The van der Waals surface area contributed by atoms with Crippen LogP contribution in [0.25, 0.3) is 22.2 Å². The van der Waals surface area contributed by atoms with Gasteiger partial charge < -0.3 is 5.73 Å². The zero-order valence-electron chi connectivity index (χ0n) is 9.72. The van der Waals surface area contributed by atoms with Crippen LogP contribution in [0.5, 0.6) is 0 Å². The Morgan fingerprint density at radius 2 is 1.90 bits per heavy atom. The fraction of sp³-hybridized carbons (Fsp3) is 0. The Hall–Kier alpha value is -1.84. The second kappa shape index (κ2) is 4.62. The van der Waals surface area contributed by atoms with E-state index in [0.717, 1.165) is 12.1 Å². The number of fused-ring (bicyclic) bond motifs is 1. The Morgan fingerprint density at radius 3 is 2.65 bits per heavy atom. The summed E-state index contributed by atoms with van der Waals surface area (Å²) in [6, 6.07) is 2.04. The van der Waals surface area contributed by atoms with Crippen LogP contribution in [0.15, 0.2) is 18.3 Å². The van der Waals surface area contributed by atoms with Crippen molar-refractivity contribution < 1.29 is 13.2 Å². The molecule has 3 aromatic rings. The summed E-state index contributed by atoms with van der Waals surface area (Å²) >= 11 is 1.92. The lowest BCUT2D eigenvalue weighted by Gasteiger charge is -2.07. The van der Waals surface area contributed by atoms with Gasteiger partial charge in [-0.25, -0.2) is 13.2 Å². The zero-order chi connectivity index (χ0) is 14.4. The molecule has 3 rings (SSSR count). The number of H-pyrrole nitrogens is 1. The molecule has 102 valence electrons. The van der Waals surface area contributed by atoms with E-state index in [1.54, 1.807) is 0 Å². The molecular weight excluding hydrogens is 384 g/mol. The van der Waals surface area contributed by atoms with E-state index in [9.17, 15) is 13.2 Å². The van der Waals surface area contributed by atoms with Crippen molar-refractivity contribution in [2.75, 3.05) is 5.73 Å². The predicted molar refractivity (Wildman–Crippen MR) is 76.3 cm³/mol. The largest absolute Gasteiger partial charge is 0.396 e. The van der Waals surface area contributed by atoms with Crippen LogP contribution < -0.4 is 5.73 Å². The first-order valence-electron chi connectivity index (χ1n) is 5.42. The molecule has 0 saturated carbocycles. The van der Waals surface area contributed by atoms with Gasteiger partial charge in [-0.05, 0) is 34.7 Å². The summed E-state index contributed by atoms with van der Waals surface area (Å²) in [6.45, 7) is 0. The van der Waals surface area contributed by atoms with Gasteiger partial charge in [0.2, 0.25) is 0 Å². The van der Waals surface area contributed by atoms with E-state index in [4.69, 9.17) is 5.73 Å². The zero-order valence-corrected chi connectivity index (χ0v) is 11.9. The lowest BCUT2D eigenvalue weighted by Crippen LogP contribution is -2.00. The number of hydrogen-bond acceptors (Lipinski definition) is 3. The first-order valence-corrected chi connectivity index (χ1v) is 6.50.